The number of alkyl halides is 3. The number of ether oxygens (including phenoxy) is 1. The summed E-state index contributed by atoms with van der Waals surface area (Å²) in [4.78, 5) is 16.9. The summed E-state index contributed by atoms with van der Waals surface area (Å²) in [5.74, 6) is -1.12. The van der Waals surface area contributed by atoms with E-state index in [0.29, 0.717) is 24.5 Å². The van der Waals surface area contributed by atoms with Crippen LogP contribution < -0.4 is 15.4 Å². The van der Waals surface area contributed by atoms with E-state index < -0.39 is 12.1 Å². The van der Waals surface area contributed by atoms with Gasteiger partial charge in [-0.2, -0.15) is 18.3 Å². The van der Waals surface area contributed by atoms with Crippen molar-refractivity contribution in [3.8, 4) is 16.9 Å². The van der Waals surface area contributed by atoms with Crippen LogP contribution in [0, 0.1) is 0 Å². The summed E-state index contributed by atoms with van der Waals surface area (Å²) in [5, 5.41) is 4.28. The number of nitrogen functional groups attached to an aromatic ring is 1. The van der Waals surface area contributed by atoms with Gasteiger partial charge in [0.05, 0.1) is 19.0 Å². The lowest BCUT2D eigenvalue weighted by Gasteiger charge is -2.43. The van der Waals surface area contributed by atoms with Gasteiger partial charge in [-0.1, -0.05) is 0 Å². The van der Waals surface area contributed by atoms with Crippen LogP contribution in [-0.2, 0) is 11.8 Å². The first-order chi connectivity index (χ1) is 15.7. The van der Waals surface area contributed by atoms with Gasteiger partial charge in [0.2, 0.25) is 0 Å². The van der Waals surface area contributed by atoms with Crippen molar-refractivity contribution in [3.63, 3.8) is 0 Å². The Labute approximate surface area is 190 Å². The van der Waals surface area contributed by atoms with E-state index in [2.05, 4.69) is 14.9 Å². The third-order valence-electron chi connectivity index (χ3n) is 6.53. The number of carbonyl (C=O) groups is 1. The van der Waals surface area contributed by atoms with Gasteiger partial charge in [-0.25, -0.2) is 0 Å². The molecular weight excluding hydrogens is 437 g/mol. The minimum Gasteiger partial charge on any atom is -0.495 e. The second-order valence-corrected chi connectivity index (χ2v) is 8.56. The van der Waals surface area contributed by atoms with Gasteiger partial charge in [-0.3, -0.25) is 14.4 Å². The smallest absolute Gasteiger partial charge is 0.471 e. The highest BCUT2D eigenvalue weighted by molar-refractivity contribution is 5.84. The number of amides is 1. The number of piperidine rings is 1. The van der Waals surface area contributed by atoms with E-state index in [4.69, 9.17) is 10.5 Å². The molecule has 11 heteroatoms. The number of aromatic nitrogens is 2. The number of anilines is 2. The van der Waals surface area contributed by atoms with Crippen LogP contribution in [0.4, 0.5) is 24.5 Å². The number of halogens is 3. The molecule has 8 nitrogen and oxygen atoms in total. The Bertz CT molecular complexity index is 993. The topological polar surface area (TPSA) is 79.9 Å². The minimum absolute atomic E-state index is 0.110. The van der Waals surface area contributed by atoms with Crippen molar-refractivity contribution in [3.05, 3.63) is 24.5 Å². The zero-order valence-electron chi connectivity index (χ0n) is 18.8. The lowest BCUT2D eigenvalue weighted by Crippen LogP contribution is -2.56. The molecule has 33 heavy (non-hydrogen) atoms. The summed E-state index contributed by atoms with van der Waals surface area (Å²) in [6.07, 6.45) is 0.705. The number of nitrogens with zero attached hydrogens (tertiary/aromatic N) is 5. The Kier molecular flexibility index (Phi) is 6.42. The number of piperazine rings is 1. The molecule has 0 saturated carbocycles. The van der Waals surface area contributed by atoms with Crippen molar-refractivity contribution in [2.45, 2.75) is 25.1 Å². The lowest BCUT2D eigenvalue weighted by molar-refractivity contribution is -0.187. The first kappa shape index (κ1) is 23.2. The molecule has 1 aromatic heterocycles. The number of carbonyl (C=O) groups excluding carboxylic acids is 1. The third kappa shape index (κ3) is 4.87. The molecule has 2 fully saturated rings. The van der Waals surface area contributed by atoms with Crippen LogP contribution in [0.2, 0.25) is 0 Å². The number of methoxy groups -OCH3 is 1. The Balaban J connectivity index is 1.43. The maximum atomic E-state index is 12.7. The highest BCUT2D eigenvalue weighted by Crippen LogP contribution is 2.39. The summed E-state index contributed by atoms with van der Waals surface area (Å²) < 4.78 is 45.3. The molecule has 4 rings (SSSR count). The average Bonchev–Trinajstić information content (AvgIpc) is 3.24. The number of nitrogens with two attached hydrogens (primary N) is 1. The molecule has 0 atom stereocenters. The van der Waals surface area contributed by atoms with E-state index in [1.165, 1.54) is 0 Å². The number of benzene rings is 1. The molecule has 0 bridgehead atoms. The van der Waals surface area contributed by atoms with E-state index in [1.54, 1.807) is 18.0 Å². The third-order valence-corrected chi connectivity index (χ3v) is 6.53. The van der Waals surface area contributed by atoms with E-state index in [0.717, 1.165) is 47.6 Å². The van der Waals surface area contributed by atoms with E-state index in [-0.39, 0.29) is 19.1 Å². The lowest BCUT2D eigenvalue weighted by atomic mass is 9.98. The monoisotopic (exact) mass is 466 g/mol. The summed E-state index contributed by atoms with van der Waals surface area (Å²) in [6, 6.07) is 4.15. The number of aryl methyl sites for hydroxylation is 1. The molecule has 2 aliphatic rings. The van der Waals surface area contributed by atoms with Crippen LogP contribution in [0.3, 0.4) is 0 Å². The van der Waals surface area contributed by atoms with Crippen molar-refractivity contribution in [2.24, 2.45) is 7.05 Å². The molecule has 0 spiro atoms. The zero-order chi connectivity index (χ0) is 23.8. The molecule has 2 aliphatic heterocycles. The van der Waals surface area contributed by atoms with Crippen molar-refractivity contribution < 1.29 is 22.7 Å². The number of hydrogen-bond donors (Lipinski definition) is 1. The maximum Gasteiger partial charge on any atom is 0.471 e. The predicted octanol–water partition coefficient (Wildman–Crippen LogP) is 2.35. The minimum atomic E-state index is -4.81. The predicted molar refractivity (Wildman–Crippen MR) is 119 cm³/mol. The summed E-state index contributed by atoms with van der Waals surface area (Å²) in [6.45, 7) is 2.74. The molecular formula is C22H29F3N6O2. The van der Waals surface area contributed by atoms with E-state index in [9.17, 15) is 18.0 Å². The van der Waals surface area contributed by atoms with Crippen LogP contribution in [0.1, 0.15) is 12.8 Å². The largest absolute Gasteiger partial charge is 0.495 e. The molecule has 180 valence electrons. The van der Waals surface area contributed by atoms with Crippen molar-refractivity contribution >= 4 is 17.3 Å². The van der Waals surface area contributed by atoms with Gasteiger partial charge in [0, 0.05) is 81.4 Å². The molecule has 0 unspecified atom stereocenters. The quantitative estimate of drug-likeness (QED) is 0.697. The normalized spacial score (nSPS) is 18.6. The van der Waals surface area contributed by atoms with Crippen LogP contribution in [0.15, 0.2) is 24.5 Å². The van der Waals surface area contributed by atoms with Crippen molar-refractivity contribution in [2.75, 3.05) is 57.0 Å². The van der Waals surface area contributed by atoms with Gasteiger partial charge in [0.25, 0.3) is 0 Å². The van der Waals surface area contributed by atoms with E-state index >= 15 is 0 Å². The Hall–Kier alpha value is -2.95. The Morgan fingerprint density at radius 3 is 2.33 bits per heavy atom. The number of hydrogen-bond acceptors (Lipinski definition) is 6. The summed E-state index contributed by atoms with van der Waals surface area (Å²) in [5.41, 5.74) is 9.71. The molecule has 2 N–H and O–H groups in total. The zero-order valence-corrected chi connectivity index (χ0v) is 18.8. The van der Waals surface area contributed by atoms with Gasteiger partial charge >= 0.3 is 12.1 Å². The first-order valence-corrected chi connectivity index (χ1v) is 11.0. The molecule has 1 aromatic carbocycles. The number of rotatable bonds is 4. The Morgan fingerprint density at radius 2 is 1.79 bits per heavy atom. The van der Waals surface area contributed by atoms with Gasteiger partial charge in [-0.05, 0) is 18.9 Å². The molecule has 1 amide bonds. The fourth-order valence-electron chi connectivity index (χ4n) is 4.76. The van der Waals surface area contributed by atoms with Gasteiger partial charge < -0.3 is 20.3 Å². The second kappa shape index (κ2) is 9.12. The molecule has 3 heterocycles. The first-order valence-electron chi connectivity index (χ1n) is 11.0. The summed E-state index contributed by atoms with van der Waals surface area (Å²) >= 11 is 0. The standard InChI is InChI=1S/C22H29F3N6O2/c1-28-14-15(13-27-28)17-11-18(26)20(33-2)12-19(17)30-5-3-16(4-6-30)29-7-9-31(10-8-29)21(32)22(23,24)25/h11-14,16H,3-10,26H2,1-2H3. The molecule has 2 saturated heterocycles. The summed E-state index contributed by atoms with van der Waals surface area (Å²) in [7, 11) is 3.46. The molecule has 2 aromatic rings. The van der Waals surface area contributed by atoms with Crippen LogP contribution >= 0.6 is 0 Å². The maximum absolute atomic E-state index is 12.7. The highest BCUT2D eigenvalue weighted by atomic mass is 19.4. The molecule has 0 aliphatic carbocycles. The SMILES string of the molecule is COc1cc(N2CCC(N3CCN(C(=O)C(F)(F)F)CC3)CC2)c(-c2cnn(C)c2)cc1N. The fourth-order valence-corrected chi connectivity index (χ4v) is 4.76. The highest BCUT2D eigenvalue weighted by Gasteiger charge is 2.43. The van der Waals surface area contributed by atoms with Gasteiger partial charge in [0.1, 0.15) is 5.75 Å². The van der Waals surface area contributed by atoms with Gasteiger partial charge in [0.15, 0.2) is 0 Å². The van der Waals surface area contributed by atoms with Gasteiger partial charge in [-0.15, -0.1) is 0 Å². The van der Waals surface area contributed by atoms with Crippen molar-refractivity contribution in [1.82, 2.24) is 19.6 Å². The Morgan fingerprint density at radius 1 is 1.12 bits per heavy atom. The molecule has 0 radical (unpaired) electrons. The van der Waals surface area contributed by atoms with Crippen LogP contribution in [0.25, 0.3) is 11.1 Å². The van der Waals surface area contributed by atoms with E-state index in [1.807, 2.05) is 25.4 Å². The average molecular weight is 467 g/mol. The van der Waals surface area contributed by atoms with Crippen molar-refractivity contribution in [1.29, 1.82) is 0 Å². The van der Waals surface area contributed by atoms with Crippen LogP contribution in [-0.4, -0.2) is 84.1 Å². The fraction of sp³-hybridized carbons (Fsp3) is 0.545. The van der Waals surface area contributed by atoms with Crippen LogP contribution in [0.5, 0.6) is 5.75 Å². The second-order valence-electron chi connectivity index (χ2n) is 8.56.